The van der Waals surface area contributed by atoms with Gasteiger partial charge in [-0.05, 0) is 17.7 Å². The van der Waals surface area contributed by atoms with E-state index in [-0.39, 0.29) is 25.0 Å². The van der Waals surface area contributed by atoms with E-state index in [1.807, 2.05) is 42.5 Å². The number of nitrogens with one attached hydrogen (secondary N) is 1. The van der Waals surface area contributed by atoms with E-state index in [4.69, 9.17) is 14.2 Å². The van der Waals surface area contributed by atoms with Gasteiger partial charge in [-0.25, -0.2) is 0 Å². The van der Waals surface area contributed by atoms with Gasteiger partial charge >= 0.3 is 0 Å². The Hall–Kier alpha value is -3.06. The maximum Gasteiger partial charge on any atom is 0.251 e. The maximum atomic E-state index is 12.7. The average Bonchev–Trinajstić information content (AvgIpc) is 2.73. The molecule has 2 aromatic rings. The van der Waals surface area contributed by atoms with E-state index < -0.39 is 12.1 Å². The van der Waals surface area contributed by atoms with Crippen LogP contribution in [0.3, 0.4) is 0 Å². The van der Waals surface area contributed by atoms with Gasteiger partial charge in [0.2, 0.25) is 5.91 Å². The van der Waals surface area contributed by atoms with Crippen LogP contribution >= 0.6 is 0 Å². The van der Waals surface area contributed by atoms with Gasteiger partial charge in [0.05, 0.1) is 19.7 Å². The van der Waals surface area contributed by atoms with Crippen molar-refractivity contribution in [2.24, 2.45) is 0 Å². The lowest BCUT2D eigenvalue weighted by Gasteiger charge is -2.38. The molecule has 0 aromatic heterocycles. The molecule has 1 heterocycles. The summed E-state index contributed by atoms with van der Waals surface area (Å²) < 4.78 is 16.5. The summed E-state index contributed by atoms with van der Waals surface area (Å²) in [6.07, 6.45) is -0.781. The molecule has 1 aliphatic heterocycles. The molecule has 0 saturated carbocycles. The Bertz CT molecular complexity index is 811. The van der Waals surface area contributed by atoms with Crippen LogP contribution in [0.2, 0.25) is 0 Å². The zero-order valence-corrected chi connectivity index (χ0v) is 16.0. The van der Waals surface area contributed by atoms with Gasteiger partial charge < -0.3 is 24.4 Å². The highest BCUT2D eigenvalue weighted by Crippen LogP contribution is 2.29. The van der Waals surface area contributed by atoms with E-state index in [9.17, 15) is 9.59 Å². The molecule has 0 radical (unpaired) electrons. The molecule has 2 aromatic carbocycles. The third-order valence-corrected chi connectivity index (χ3v) is 4.61. The minimum Gasteiger partial charge on any atom is -0.493 e. The van der Waals surface area contributed by atoms with Gasteiger partial charge in [-0.2, -0.15) is 0 Å². The van der Waals surface area contributed by atoms with E-state index in [2.05, 4.69) is 5.32 Å². The first kappa shape index (κ1) is 19.7. The van der Waals surface area contributed by atoms with Crippen molar-refractivity contribution < 1.29 is 23.8 Å². The second kappa shape index (κ2) is 9.23. The predicted molar refractivity (Wildman–Crippen MR) is 103 cm³/mol. The van der Waals surface area contributed by atoms with E-state index in [0.29, 0.717) is 18.0 Å². The first-order valence-electron chi connectivity index (χ1n) is 9.07. The van der Waals surface area contributed by atoms with Crippen LogP contribution in [-0.2, 0) is 14.3 Å². The maximum absolute atomic E-state index is 12.7. The molecule has 1 N–H and O–H groups in total. The molecule has 2 atom stereocenters. The van der Waals surface area contributed by atoms with Crippen molar-refractivity contribution >= 4 is 11.8 Å². The topological polar surface area (TPSA) is 77.1 Å². The van der Waals surface area contributed by atoms with Gasteiger partial charge in [-0.3, -0.25) is 9.59 Å². The summed E-state index contributed by atoms with van der Waals surface area (Å²) in [5.41, 5.74) is 0.850. The van der Waals surface area contributed by atoms with Crippen LogP contribution in [0.1, 0.15) is 11.6 Å². The smallest absolute Gasteiger partial charge is 0.251 e. The summed E-state index contributed by atoms with van der Waals surface area (Å²) in [7, 11) is 3.26. The number of rotatable bonds is 7. The quantitative estimate of drug-likeness (QED) is 0.737. The number of carbonyl (C=O) groups excluding carboxylic acids is 2. The van der Waals surface area contributed by atoms with Gasteiger partial charge in [0.1, 0.15) is 13.2 Å². The molecular weight excluding hydrogens is 360 g/mol. The lowest BCUT2D eigenvalue weighted by molar-refractivity contribution is -0.162. The summed E-state index contributed by atoms with van der Waals surface area (Å²) in [5, 5.41) is 2.83. The van der Waals surface area contributed by atoms with Gasteiger partial charge in [-0.1, -0.05) is 42.5 Å². The molecule has 0 bridgehead atoms. The second-order valence-electron chi connectivity index (χ2n) is 6.38. The number of methoxy groups -OCH3 is 1. The van der Waals surface area contributed by atoms with Gasteiger partial charge in [0.25, 0.3) is 5.91 Å². The molecule has 2 amide bonds. The molecule has 28 heavy (non-hydrogen) atoms. The van der Waals surface area contributed by atoms with Crippen molar-refractivity contribution in [1.29, 1.82) is 0 Å². The number of benzene rings is 2. The number of ether oxygens (including phenoxy) is 3. The van der Waals surface area contributed by atoms with Crippen LogP contribution in [0.4, 0.5) is 0 Å². The number of nitrogens with zero attached hydrogens (tertiary/aromatic N) is 1. The van der Waals surface area contributed by atoms with Gasteiger partial charge in [-0.15, -0.1) is 0 Å². The Labute approximate surface area is 164 Å². The monoisotopic (exact) mass is 384 g/mol. The molecule has 1 fully saturated rings. The normalized spacial score (nSPS) is 19.2. The minimum atomic E-state index is -0.781. The van der Waals surface area contributed by atoms with Crippen molar-refractivity contribution in [1.82, 2.24) is 10.2 Å². The van der Waals surface area contributed by atoms with E-state index >= 15 is 0 Å². The van der Waals surface area contributed by atoms with Crippen LogP contribution in [0, 0.1) is 0 Å². The third kappa shape index (κ3) is 4.43. The van der Waals surface area contributed by atoms with Crippen molar-refractivity contribution in [3.63, 3.8) is 0 Å². The summed E-state index contributed by atoms with van der Waals surface area (Å²) in [6, 6.07) is 16.2. The number of hydrogen-bond donors (Lipinski definition) is 1. The number of likely N-dealkylation sites (N-methyl/N-ethyl adjacent to an activating group) is 1. The molecule has 0 aliphatic carbocycles. The van der Waals surface area contributed by atoms with Crippen molar-refractivity contribution in [3.05, 3.63) is 60.2 Å². The summed E-state index contributed by atoms with van der Waals surface area (Å²) in [6.45, 7) is 0.467. The van der Waals surface area contributed by atoms with E-state index in [1.165, 1.54) is 0 Å². The molecule has 7 heteroatoms. The molecule has 1 aliphatic rings. The summed E-state index contributed by atoms with van der Waals surface area (Å²) in [5.74, 6) is 0.809. The predicted octanol–water partition coefficient (Wildman–Crippen LogP) is 1.79. The van der Waals surface area contributed by atoms with Gasteiger partial charge in [0, 0.05) is 7.05 Å². The molecule has 1 saturated heterocycles. The minimum absolute atomic E-state index is 0.115. The van der Waals surface area contributed by atoms with Gasteiger partial charge in [0.15, 0.2) is 17.6 Å². The first-order valence-corrected chi connectivity index (χ1v) is 9.07. The average molecular weight is 384 g/mol. The standard InChI is InChI=1S/C21H24N2O5/c1-23-18(24)14-28-20(19(23)15-8-4-3-5-9-15)21(25)22-12-13-27-17-11-7-6-10-16(17)26-2/h3-11,19-20H,12-14H2,1-2H3,(H,22,25)/t19-,20+/m0/s1. The Morgan fingerprint density at radius 1 is 1.14 bits per heavy atom. The van der Waals surface area contributed by atoms with Crippen LogP contribution in [0.25, 0.3) is 0 Å². The molecule has 0 unspecified atom stereocenters. The molecule has 0 spiro atoms. The fourth-order valence-corrected chi connectivity index (χ4v) is 3.15. The Morgan fingerprint density at radius 3 is 2.54 bits per heavy atom. The third-order valence-electron chi connectivity index (χ3n) is 4.61. The van der Waals surface area contributed by atoms with E-state index in [1.54, 1.807) is 31.2 Å². The highest BCUT2D eigenvalue weighted by atomic mass is 16.5. The number of morpholine rings is 1. The van der Waals surface area contributed by atoms with Crippen LogP contribution in [-0.4, -0.2) is 56.7 Å². The SMILES string of the molecule is COc1ccccc1OCCNC(=O)[C@@H]1OCC(=O)N(C)[C@H]1c1ccccc1. The summed E-state index contributed by atoms with van der Waals surface area (Å²) in [4.78, 5) is 26.3. The number of carbonyl (C=O) groups is 2. The van der Waals surface area contributed by atoms with E-state index in [0.717, 1.165) is 5.56 Å². The number of amides is 2. The summed E-state index contributed by atoms with van der Waals surface area (Å²) >= 11 is 0. The first-order chi connectivity index (χ1) is 13.6. The second-order valence-corrected chi connectivity index (χ2v) is 6.38. The van der Waals surface area contributed by atoms with Crippen molar-refractivity contribution in [3.8, 4) is 11.5 Å². The zero-order valence-electron chi connectivity index (χ0n) is 16.0. The molecule has 7 nitrogen and oxygen atoms in total. The van der Waals surface area contributed by atoms with Crippen LogP contribution < -0.4 is 14.8 Å². The molecular formula is C21H24N2O5. The Morgan fingerprint density at radius 2 is 1.82 bits per heavy atom. The Balaban J connectivity index is 1.60. The highest BCUT2D eigenvalue weighted by Gasteiger charge is 2.39. The fraction of sp³-hybridized carbons (Fsp3) is 0.333. The Kier molecular flexibility index (Phi) is 6.49. The highest BCUT2D eigenvalue weighted by molar-refractivity contribution is 5.86. The van der Waals surface area contributed by atoms with Crippen molar-refractivity contribution in [2.75, 3.05) is 33.9 Å². The zero-order chi connectivity index (χ0) is 19.9. The van der Waals surface area contributed by atoms with Crippen molar-refractivity contribution in [2.45, 2.75) is 12.1 Å². The largest absolute Gasteiger partial charge is 0.493 e. The number of para-hydroxylation sites is 2. The fourth-order valence-electron chi connectivity index (χ4n) is 3.15. The molecule has 148 valence electrons. The van der Waals surface area contributed by atoms with Crippen LogP contribution in [0.5, 0.6) is 11.5 Å². The van der Waals surface area contributed by atoms with Crippen LogP contribution in [0.15, 0.2) is 54.6 Å². The number of hydrogen-bond acceptors (Lipinski definition) is 5. The molecule has 3 rings (SSSR count). The lowest BCUT2D eigenvalue weighted by atomic mass is 9.97. The lowest BCUT2D eigenvalue weighted by Crippen LogP contribution is -2.53.